The summed E-state index contributed by atoms with van der Waals surface area (Å²) in [6, 6.07) is 16.8. The van der Waals surface area contributed by atoms with E-state index in [1.807, 2.05) is 47.0 Å². The topological polar surface area (TPSA) is 119 Å². The van der Waals surface area contributed by atoms with E-state index in [0.717, 1.165) is 36.2 Å². The second-order valence-electron chi connectivity index (χ2n) is 8.05. The van der Waals surface area contributed by atoms with Crippen molar-refractivity contribution in [2.75, 3.05) is 12.0 Å². The Morgan fingerprint density at radius 3 is 2.49 bits per heavy atom. The minimum absolute atomic E-state index is 0.182. The van der Waals surface area contributed by atoms with Gasteiger partial charge in [-0.1, -0.05) is 60.9 Å². The number of carbonyl (C=O) groups is 2. The normalized spacial score (nSPS) is 10.8. The highest BCUT2D eigenvalue weighted by Crippen LogP contribution is 2.18. The molecule has 0 aliphatic heterocycles. The third-order valence-electron chi connectivity index (χ3n) is 5.56. The summed E-state index contributed by atoms with van der Waals surface area (Å²) in [4.78, 5) is 31.4. The van der Waals surface area contributed by atoms with Gasteiger partial charge in [0, 0.05) is 19.2 Å². The molecule has 180 valence electrons. The average Bonchev–Trinajstić information content (AvgIpc) is 3.57. The second-order valence-corrected chi connectivity index (χ2v) is 8.05. The monoisotopic (exact) mass is 473 g/mol. The van der Waals surface area contributed by atoms with Gasteiger partial charge in [-0.05, 0) is 34.9 Å². The summed E-state index contributed by atoms with van der Waals surface area (Å²) in [5.74, 6) is 0.311. The summed E-state index contributed by atoms with van der Waals surface area (Å²) in [6.45, 7) is 2.91. The summed E-state index contributed by atoms with van der Waals surface area (Å²) >= 11 is 0. The Hall–Kier alpha value is -4.34. The molecule has 2 heterocycles. The molecule has 0 aliphatic rings. The molecule has 0 fully saturated rings. The van der Waals surface area contributed by atoms with Crippen LogP contribution < -0.4 is 4.90 Å². The molecule has 10 nitrogen and oxygen atoms in total. The quantitative estimate of drug-likeness (QED) is 0.351. The van der Waals surface area contributed by atoms with Crippen molar-refractivity contribution >= 4 is 17.8 Å². The van der Waals surface area contributed by atoms with E-state index in [4.69, 9.17) is 4.74 Å². The van der Waals surface area contributed by atoms with E-state index < -0.39 is 0 Å². The Morgan fingerprint density at radius 2 is 1.83 bits per heavy atom. The van der Waals surface area contributed by atoms with Gasteiger partial charge in [0.25, 0.3) is 11.9 Å². The zero-order valence-corrected chi connectivity index (χ0v) is 19.7. The molecule has 4 rings (SSSR count). The minimum Gasteiger partial charge on any atom is -0.465 e. The molecule has 0 bridgehead atoms. The van der Waals surface area contributed by atoms with Gasteiger partial charge in [-0.2, -0.15) is 5.21 Å². The van der Waals surface area contributed by atoms with Crippen LogP contribution in [0.4, 0.5) is 5.95 Å². The van der Waals surface area contributed by atoms with Crippen molar-refractivity contribution in [3.8, 4) is 0 Å². The van der Waals surface area contributed by atoms with E-state index in [-0.39, 0.29) is 24.4 Å². The third-order valence-corrected chi connectivity index (χ3v) is 5.56. The maximum Gasteiger partial charge on any atom is 0.337 e. The number of benzene rings is 2. The van der Waals surface area contributed by atoms with Crippen molar-refractivity contribution in [1.82, 2.24) is 30.2 Å². The van der Waals surface area contributed by atoms with Crippen LogP contribution in [-0.2, 0) is 24.2 Å². The minimum atomic E-state index is -0.379. The largest absolute Gasteiger partial charge is 0.465 e. The van der Waals surface area contributed by atoms with Gasteiger partial charge in [0.2, 0.25) is 0 Å². The number of rotatable bonds is 10. The molecule has 0 atom stereocenters. The van der Waals surface area contributed by atoms with E-state index in [1.54, 1.807) is 18.3 Å². The number of nitrogens with zero attached hydrogens (tertiary/aromatic N) is 6. The van der Waals surface area contributed by atoms with E-state index in [9.17, 15) is 9.59 Å². The molecule has 1 amide bonds. The molecule has 0 unspecified atom stereocenters. The van der Waals surface area contributed by atoms with Crippen LogP contribution in [-0.4, -0.2) is 49.2 Å². The van der Waals surface area contributed by atoms with Gasteiger partial charge in [0.05, 0.1) is 19.2 Å². The first-order chi connectivity index (χ1) is 17.1. The number of aromatic amines is 1. The van der Waals surface area contributed by atoms with Crippen LogP contribution >= 0.6 is 0 Å². The molecule has 4 aromatic rings. The first-order valence-electron chi connectivity index (χ1n) is 11.4. The lowest BCUT2D eigenvalue weighted by molar-refractivity contribution is 0.0600. The zero-order valence-electron chi connectivity index (χ0n) is 19.7. The molecule has 1 N–H and O–H groups in total. The lowest BCUT2D eigenvalue weighted by Crippen LogP contribution is -2.31. The number of unbranched alkanes of at least 4 members (excludes halogenated alkanes) is 1. The Labute approximate surface area is 202 Å². The van der Waals surface area contributed by atoms with Crippen molar-refractivity contribution < 1.29 is 14.3 Å². The molecular formula is C25H27N7O3. The number of aromatic nitrogens is 6. The molecule has 0 radical (unpaired) electrons. The van der Waals surface area contributed by atoms with Gasteiger partial charge >= 0.3 is 5.97 Å². The van der Waals surface area contributed by atoms with Crippen molar-refractivity contribution in [2.45, 2.75) is 39.3 Å². The number of ether oxygens (including phenoxy) is 1. The summed E-state index contributed by atoms with van der Waals surface area (Å²) in [5, 5.41) is 14.1. The first kappa shape index (κ1) is 23.8. The van der Waals surface area contributed by atoms with Crippen LogP contribution in [0, 0.1) is 0 Å². The lowest BCUT2D eigenvalue weighted by Gasteiger charge is -2.17. The third kappa shape index (κ3) is 5.78. The first-order valence-corrected chi connectivity index (χ1v) is 11.4. The highest BCUT2D eigenvalue weighted by Gasteiger charge is 2.25. The highest BCUT2D eigenvalue weighted by atomic mass is 16.5. The van der Waals surface area contributed by atoms with Crippen molar-refractivity contribution in [2.24, 2.45) is 0 Å². The zero-order chi connectivity index (χ0) is 24.6. The number of esters is 1. The van der Waals surface area contributed by atoms with Gasteiger partial charge in [0.1, 0.15) is 11.5 Å². The maximum atomic E-state index is 13.6. The summed E-state index contributed by atoms with van der Waals surface area (Å²) in [5.41, 5.74) is 2.71. The Balaban J connectivity index is 1.61. The number of anilines is 1. The molecule has 35 heavy (non-hydrogen) atoms. The van der Waals surface area contributed by atoms with Gasteiger partial charge in [-0.25, -0.2) is 9.78 Å². The van der Waals surface area contributed by atoms with Gasteiger partial charge in [-0.3, -0.25) is 9.69 Å². The van der Waals surface area contributed by atoms with Crippen LogP contribution in [0.15, 0.2) is 60.8 Å². The SMILES string of the molecule is CCCCc1nc(C(=O)N(Cc2ccccc2)c2nn[nH]n2)cn1Cc1ccc(C(=O)OC)cc1. The molecule has 0 saturated carbocycles. The predicted octanol–water partition coefficient (Wildman–Crippen LogP) is 3.42. The fraction of sp³-hybridized carbons (Fsp3) is 0.280. The van der Waals surface area contributed by atoms with Crippen molar-refractivity contribution in [1.29, 1.82) is 0 Å². The van der Waals surface area contributed by atoms with Gasteiger partial charge in [0.15, 0.2) is 0 Å². The Bertz CT molecular complexity index is 1250. The second kappa shape index (κ2) is 11.2. The van der Waals surface area contributed by atoms with Crippen LogP contribution in [0.25, 0.3) is 0 Å². The molecular weight excluding hydrogens is 446 g/mol. The number of methoxy groups -OCH3 is 1. The Kier molecular flexibility index (Phi) is 7.61. The molecule has 10 heteroatoms. The summed E-state index contributed by atoms with van der Waals surface area (Å²) < 4.78 is 6.75. The van der Waals surface area contributed by atoms with E-state index in [1.165, 1.54) is 12.0 Å². The summed E-state index contributed by atoms with van der Waals surface area (Å²) in [7, 11) is 1.36. The summed E-state index contributed by atoms with van der Waals surface area (Å²) in [6.07, 6.45) is 4.46. The highest BCUT2D eigenvalue weighted by molar-refractivity contribution is 6.03. The number of hydrogen-bond acceptors (Lipinski definition) is 7. The molecule has 2 aromatic carbocycles. The van der Waals surface area contributed by atoms with E-state index >= 15 is 0 Å². The number of hydrogen-bond donors (Lipinski definition) is 1. The smallest absolute Gasteiger partial charge is 0.337 e. The standard InChI is InChI=1S/C25H27N7O3/c1-3-4-10-22-26-21(17-31(22)15-19-11-13-20(14-12-19)24(34)35-2)23(33)32(25-27-29-30-28-25)16-18-8-6-5-7-9-18/h5-9,11-14,17H,3-4,10,15-16H2,1-2H3,(H,27,28,29,30). The van der Waals surface area contributed by atoms with E-state index in [2.05, 4.69) is 32.5 Å². The van der Waals surface area contributed by atoms with Crippen LogP contribution in [0.1, 0.15) is 57.6 Å². The Morgan fingerprint density at radius 1 is 1.06 bits per heavy atom. The number of H-pyrrole nitrogens is 1. The number of imidazole rings is 1. The van der Waals surface area contributed by atoms with E-state index in [0.29, 0.717) is 17.8 Å². The number of tetrazole rings is 1. The molecule has 0 aliphatic carbocycles. The van der Waals surface area contributed by atoms with Crippen LogP contribution in [0.2, 0.25) is 0 Å². The predicted molar refractivity (Wildman–Crippen MR) is 129 cm³/mol. The van der Waals surface area contributed by atoms with Crippen LogP contribution in [0.5, 0.6) is 0 Å². The number of aryl methyl sites for hydroxylation is 1. The molecule has 0 spiro atoms. The maximum absolute atomic E-state index is 13.6. The van der Waals surface area contributed by atoms with Crippen LogP contribution in [0.3, 0.4) is 0 Å². The lowest BCUT2D eigenvalue weighted by atomic mass is 10.1. The van der Waals surface area contributed by atoms with Crippen molar-refractivity contribution in [3.05, 3.63) is 89.0 Å². The molecule has 2 aromatic heterocycles. The molecule has 0 saturated heterocycles. The number of nitrogens with one attached hydrogen (secondary N) is 1. The van der Waals surface area contributed by atoms with Gasteiger partial charge < -0.3 is 9.30 Å². The fourth-order valence-electron chi connectivity index (χ4n) is 3.70. The number of amides is 1. The number of carbonyl (C=O) groups excluding carboxylic acids is 2. The fourth-order valence-corrected chi connectivity index (χ4v) is 3.70. The van der Waals surface area contributed by atoms with Gasteiger partial charge in [-0.15, -0.1) is 5.10 Å². The average molecular weight is 474 g/mol. The van der Waals surface area contributed by atoms with Crippen molar-refractivity contribution in [3.63, 3.8) is 0 Å².